The standard InChI is InChI=1S/C17H28N4S/c1-13-9-16(13)20-17(18-2)19-10-14-5-3-7-21(11-14)12-15-6-4-8-22-15/h4,6,8,13-14,16H,3,5,7,9-12H2,1-2H3,(H2,18,19,20). The number of nitrogens with one attached hydrogen (secondary N) is 2. The van der Waals surface area contributed by atoms with Crippen LogP contribution in [0.3, 0.4) is 0 Å². The van der Waals surface area contributed by atoms with E-state index >= 15 is 0 Å². The minimum Gasteiger partial charge on any atom is -0.356 e. The summed E-state index contributed by atoms with van der Waals surface area (Å²) in [6.07, 6.45) is 3.91. The molecule has 1 aliphatic carbocycles. The summed E-state index contributed by atoms with van der Waals surface area (Å²) in [4.78, 5) is 8.43. The molecule has 2 aliphatic rings. The van der Waals surface area contributed by atoms with Crippen molar-refractivity contribution in [1.82, 2.24) is 15.5 Å². The molecule has 0 bridgehead atoms. The number of hydrogen-bond acceptors (Lipinski definition) is 3. The molecule has 3 atom stereocenters. The summed E-state index contributed by atoms with van der Waals surface area (Å²) in [5.41, 5.74) is 0. The van der Waals surface area contributed by atoms with Gasteiger partial charge in [-0.25, -0.2) is 0 Å². The molecule has 4 nitrogen and oxygen atoms in total. The molecule has 0 aromatic carbocycles. The quantitative estimate of drug-likeness (QED) is 0.647. The van der Waals surface area contributed by atoms with Gasteiger partial charge in [-0.05, 0) is 49.1 Å². The lowest BCUT2D eigenvalue weighted by molar-refractivity contribution is 0.169. The first-order chi connectivity index (χ1) is 10.7. The summed E-state index contributed by atoms with van der Waals surface area (Å²) in [6.45, 7) is 6.86. The van der Waals surface area contributed by atoms with Gasteiger partial charge in [0.1, 0.15) is 0 Å². The molecular formula is C17H28N4S. The Morgan fingerprint density at radius 1 is 1.50 bits per heavy atom. The van der Waals surface area contributed by atoms with Gasteiger partial charge in [-0.1, -0.05) is 13.0 Å². The van der Waals surface area contributed by atoms with E-state index in [1.807, 2.05) is 18.4 Å². The van der Waals surface area contributed by atoms with Crippen LogP contribution >= 0.6 is 11.3 Å². The van der Waals surface area contributed by atoms with Gasteiger partial charge in [0.25, 0.3) is 0 Å². The molecule has 2 heterocycles. The number of aliphatic imine (C=N–C) groups is 1. The molecule has 0 radical (unpaired) electrons. The third kappa shape index (κ3) is 4.46. The second kappa shape index (κ2) is 7.47. The average molecular weight is 321 g/mol. The largest absolute Gasteiger partial charge is 0.356 e. The van der Waals surface area contributed by atoms with Gasteiger partial charge in [-0.3, -0.25) is 9.89 Å². The van der Waals surface area contributed by atoms with Crippen molar-refractivity contribution in [3.05, 3.63) is 22.4 Å². The number of hydrogen-bond donors (Lipinski definition) is 2. The van der Waals surface area contributed by atoms with E-state index in [0.717, 1.165) is 30.9 Å². The highest BCUT2D eigenvalue weighted by atomic mass is 32.1. The Morgan fingerprint density at radius 3 is 3.05 bits per heavy atom. The van der Waals surface area contributed by atoms with Crippen LogP contribution in [0.25, 0.3) is 0 Å². The highest BCUT2D eigenvalue weighted by molar-refractivity contribution is 7.09. The van der Waals surface area contributed by atoms with E-state index in [0.29, 0.717) is 6.04 Å². The lowest BCUT2D eigenvalue weighted by Crippen LogP contribution is -2.44. The monoisotopic (exact) mass is 320 g/mol. The number of rotatable bonds is 5. The molecule has 5 heteroatoms. The molecule has 1 aliphatic heterocycles. The molecule has 3 unspecified atom stereocenters. The number of thiophene rings is 1. The Hall–Kier alpha value is -1.07. The highest BCUT2D eigenvalue weighted by Gasteiger charge is 2.33. The maximum atomic E-state index is 4.35. The summed E-state index contributed by atoms with van der Waals surface area (Å²) in [5.74, 6) is 2.50. The van der Waals surface area contributed by atoms with Crippen molar-refractivity contribution in [2.24, 2.45) is 16.8 Å². The van der Waals surface area contributed by atoms with Gasteiger partial charge in [0.15, 0.2) is 5.96 Å². The predicted molar refractivity (Wildman–Crippen MR) is 94.4 cm³/mol. The summed E-state index contributed by atoms with van der Waals surface area (Å²) < 4.78 is 0. The van der Waals surface area contributed by atoms with Crippen LogP contribution in [0.1, 0.15) is 31.1 Å². The SMILES string of the molecule is CN=C(NCC1CCCN(Cc2cccs2)C1)NC1CC1C. The molecule has 1 saturated carbocycles. The number of likely N-dealkylation sites (tertiary alicyclic amines) is 1. The van der Waals surface area contributed by atoms with Crippen molar-refractivity contribution < 1.29 is 0 Å². The van der Waals surface area contributed by atoms with Crippen LogP contribution in [0.5, 0.6) is 0 Å². The van der Waals surface area contributed by atoms with Crippen LogP contribution in [-0.4, -0.2) is 43.6 Å². The van der Waals surface area contributed by atoms with Crippen molar-refractivity contribution in [1.29, 1.82) is 0 Å². The average Bonchev–Trinajstić information content (AvgIpc) is 2.99. The lowest BCUT2D eigenvalue weighted by Gasteiger charge is -2.32. The predicted octanol–water partition coefficient (Wildman–Crippen LogP) is 2.53. The second-order valence-electron chi connectivity index (χ2n) is 6.74. The van der Waals surface area contributed by atoms with Crippen molar-refractivity contribution in [2.75, 3.05) is 26.7 Å². The summed E-state index contributed by atoms with van der Waals surface area (Å²) in [6, 6.07) is 5.03. The Bertz CT molecular complexity index is 485. The minimum atomic E-state index is 0.632. The smallest absolute Gasteiger partial charge is 0.191 e. The van der Waals surface area contributed by atoms with E-state index in [9.17, 15) is 0 Å². The molecule has 1 aromatic rings. The zero-order valence-electron chi connectivity index (χ0n) is 13.7. The Morgan fingerprint density at radius 2 is 2.36 bits per heavy atom. The summed E-state index contributed by atoms with van der Waals surface area (Å²) in [7, 11) is 1.87. The summed E-state index contributed by atoms with van der Waals surface area (Å²) in [5, 5.41) is 9.20. The second-order valence-corrected chi connectivity index (χ2v) is 7.77. The van der Waals surface area contributed by atoms with Crippen LogP contribution in [0.15, 0.2) is 22.5 Å². The van der Waals surface area contributed by atoms with E-state index in [4.69, 9.17) is 0 Å². The number of nitrogens with zero attached hydrogens (tertiary/aromatic N) is 2. The van der Waals surface area contributed by atoms with Crippen LogP contribution in [-0.2, 0) is 6.54 Å². The first-order valence-corrected chi connectivity index (χ1v) is 9.34. The molecule has 3 rings (SSSR count). The van der Waals surface area contributed by atoms with Crippen molar-refractivity contribution >= 4 is 17.3 Å². The van der Waals surface area contributed by atoms with E-state index in [1.165, 1.54) is 37.2 Å². The Kier molecular flexibility index (Phi) is 5.37. The zero-order chi connectivity index (χ0) is 15.4. The first kappa shape index (κ1) is 15.8. The van der Waals surface area contributed by atoms with Gasteiger partial charge in [0.05, 0.1) is 0 Å². The Labute approximate surface area is 138 Å². The van der Waals surface area contributed by atoms with Crippen LogP contribution in [0.2, 0.25) is 0 Å². The van der Waals surface area contributed by atoms with Gasteiger partial charge < -0.3 is 10.6 Å². The van der Waals surface area contributed by atoms with Crippen molar-refractivity contribution in [3.63, 3.8) is 0 Å². The molecule has 22 heavy (non-hydrogen) atoms. The molecule has 0 amide bonds. The maximum absolute atomic E-state index is 4.35. The number of guanidine groups is 1. The van der Waals surface area contributed by atoms with Crippen LogP contribution in [0.4, 0.5) is 0 Å². The number of piperidine rings is 1. The minimum absolute atomic E-state index is 0.632. The molecule has 1 aromatic heterocycles. The van der Waals surface area contributed by atoms with Crippen molar-refractivity contribution in [2.45, 2.75) is 38.8 Å². The fraction of sp³-hybridized carbons (Fsp3) is 0.706. The van der Waals surface area contributed by atoms with Gasteiger partial charge in [0.2, 0.25) is 0 Å². The van der Waals surface area contributed by atoms with E-state index in [1.54, 1.807) is 0 Å². The topological polar surface area (TPSA) is 39.7 Å². The van der Waals surface area contributed by atoms with E-state index < -0.39 is 0 Å². The molecule has 0 spiro atoms. The van der Waals surface area contributed by atoms with Gasteiger partial charge in [-0.2, -0.15) is 0 Å². The van der Waals surface area contributed by atoms with Gasteiger partial charge in [-0.15, -0.1) is 11.3 Å². The van der Waals surface area contributed by atoms with Crippen LogP contribution in [0, 0.1) is 11.8 Å². The van der Waals surface area contributed by atoms with Gasteiger partial charge >= 0.3 is 0 Å². The fourth-order valence-corrected chi connectivity index (χ4v) is 3.97. The molecule has 2 N–H and O–H groups in total. The van der Waals surface area contributed by atoms with Crippen molar-refractivity contribution in [3.8, 4) is 0 Å². The normalized spacial score (nSPS) is 29.4. The Balaban J connectivity index is 1.41. The molecular weight excluding hydrogens is 292 g/mol. The fourth-order valence-electron chi connectivity index (χ4n) is 3.22. The van der Waals surface area contributed by atoms with Crippen LogP contribution < -0.4 is 10.6 Å². The zero-order valence-corrected chi connectivity index (χ0v) is 14.5. The third-order valence-corrected chi connectivity index (χ3v) is 5.64. The highest BCUT2D eigenvalue weighted by Crippen LogP contribution is 2.28. The van der Waals surface area contributed by atoms with E-state index in [2.05, 4.69) is 45.0 Å². The lowest BCUT2D eigenvalue weighted by atomic mass is 9.98. The molecule has 122 valence electrons. The first-order valence-electron chi connectivity index (χ1n) is 8.46. The van der Waals surface area contributed by atoms with E-state index in [-0.39, 0.29) is 0 Å². The summed E-state index contributed by atoms with van der Waals surface area (Å²) >= 11 is 1.87. The molecule has 2 fully saturated rings. The molecule has 1 saturated heterocycles. The maximum Gasteiger partial charge on any atom is 0.191 e. The van der Waals surface area contributed by atoms with Gasteiger partial charge in [0, 0.05) is 37.6 Å². The third-order valence-electron chi connectivity index (χ3n) is 4.78.